The molecule has 0 radical (unpaired) electrons. The van der Waals surface area contributed by atoms with Crippen LogP contribution in [0.3, 0.4) is 0 Å². The number of carbonyl (C=O) groups is 6. The average molecular weight is 549 g/mol. The van der Waals surface area contributed by atoms with Gasteiger partial charge in [-0.2, -0.15) is 0 Å². The van der Waals surface area contributed by atoms with Crippen molar-refractivity contribution in [3.05, 3.63) is 54.1 Å². The molecule has 2 heterocycles. The second-order valence-corrected chi connectivity index (χ2v) is 9.27. The monoisotopic (exact) mass is 548 g/mol. The zero-order valence-electron chi connectivity index (χ0n) is 21.9. The smallest absolute Gasteiger partial charge is 0.251 e. The van der Waals surface area contributed by atoms with E-state index in [9.17, 15) is 28.8 Å². The highest BCUT2D eigenvalue weighted by atomic mass is 16.7. The Labute approximate surface area is 229 Å². The number of ketones is 1. The highest BCUT2D eigenvalue weighted by Gasteiger charge is 2.36. The summed E-state index contributed by atoms with van der Waals surface area (Å²) in [5, 5.41) is 5.08. The highest BCUT2D eigenvalue weighted by molar-refractivity contribution is 6.10. The molecule has 0 saturated heterocycles. The molecule has 0 bridgehead atoms. The number of aldehydes is 1. The molecular formula is C28H28N4O8. The van der Waals surface area contributed by atoms with Gasteiger partial charge >= 0.3 is 0 Å². The number of hydrogen-bond acceptors (Lipinski definition) is 8. The number of nitrogens with one attached hydrogen (secondary N) is 2. The van der Waals surface area contributed by atoms with Gasteiger partial charge in [0.05, 0.1) is 24.0 Å². The lowest BCUT2D eigenvalue weighted by molar-refractivity contribution is -0.128. The van der Waals surface area contributed by atoms with E-state index in [2.05, 4.69) is 10.6 Å². The Morgan fingerprint density at radius 2 is 1.77 bits per heavy atom. The second-order valence-electron chi connectivity index (χ2n) is 9.27. The van der Waals surface area contributed by atoms with Gasteiger partial charge in [0, 0.05) is 19.4 Å². The number of ether oxygens (including phenoxy) is 2. The number of anilines is 2. The Kier molecular flexibility index (Phi) is 8.57. The lowest BCUT2D eigenvalue weighted by Crippen LogP contribution is -2.54. The van der Waals surface area contributed by atoms with E-state index in [0.717, 1.165) is 4.90 Å². The first-order valence-electron chi connectivity index (χ1n) is 12.5. The quantitative estimate of drug-likeness (QED) is 0.348. The van der Waals surface area contributed by atoms with Gasteiger partial charge in [0.2, 0.25) is 24.5 Å². The summed E-state index contributed by atoms with van der Waals surface area (Å²) in [6.45, 7) is 2.06. The number of Topliss-reactive ketones (excluding diaryl/α,β-unsaturated/α-hetero) is 1. The average Bonchev–Trinajstić information content (AvgIpc) is 3.36. The molecule has 2 aromatic rings. The normalized spacial score (nSPS) is 16.6. The third-order valence-corrected chi connectivity index (χ3v) is 6.23. The molecule has 2 aliphatic heterocycles. The number of rotatable bonds is 9. The van der Waals surface area contributed by atoms with E-state index in [1.165, 1.54) is 30.9 Å². The Bertz CT molecular complexity index is 1390. The number of carbonyl (C=O) groups excluding carboxylic acids is 6. The van der Waals surface area contributed by atoms with Gasteiger partial charge in [-0.3, -0.25) is 28.9 Å². The van der Waals surface area contributed by atoms with E-state index < -0.39 is 36.3 Å². The van der Waals surface area contributed by atoms with Crippen LogP contribution in [0, 0.1) is 0 Å². The maximum Gasteiger partial charge on any atom is 0.251 e. The predicted molar refractivity (Wildman–Crippen MR) is 144 cm³/mol. The minimum atomic E-state index is -1.20. The minimum Gasteiger partial charge on any atom is -0.454 e. The fourth-order valence-corrected chi connectivity index (χ4v) is 4.40. The van der Waals surface area contributed by atoms with Crippen LogP contribution >= 0.6 is 0 Å². The molecule has 208 valence electrons. The van der Waals surface area contributed by atoms with Crippen LogP contribution in [0.25, 0.3) is 6.08 Å². The third kappa shape index (κ3) is 6.52. The molecule has 0 spiro atoms. The molecule has 12 heteroatoms. The molecule has 12 nitrogen and oxygen atoms in total. The van der Waals surface area contributed by atoms with Gasteiger partial charge in [0.15, 0.2) is 11.5 Å². The molecule has 2 N–H and O–H groups in total. The molecule has 0 unspecified atom stereocenters. The molecule has 4 amide bonds. The number of para-hydroxylation sites is 2. The van der Waals surface area contributed by atoms with E-state index in [0.29, 0.717) is 29.0 Å². The van der Waals surface area contributed by atoms with Crippen LogP contribution in [0.15, 0.2) is 48.5 Å². The van der Waals surface area contributed by atoms with Gasteiger partial charge in [0.25, 0.3) is 5.91 Å². The summed E-state index contributed by atoms with van der Waals surface area (Å²) in [6, 6.07) is 9.44. The molecule has 0 fully saturated rings. The number of benzene rings is 2. The SMILES string of the molecule is CC(=O)C[C@@H](C=O)NC(=O)CN1C(=O)[C@@H](NC(=O)/C=C/c2ccc3c(c2)OCO3)CN(C(C)=O)c2ccccc21. The van der Waals surface area contributed by atoms with Crippen molar-refractivity contribution >= 4 is 53.1 Å². The van der Waals surface area contributed by atoms with Crippen molar-refractivity contribution in [3.63, 3.8) is 0 Å². The Morgan fingerprint density at radius 1 is 1.05 bits per heavy atom. The summed E-state index contributed by atoms with van der Waals surface area (Å²) in [6.07, 6.45) is 3.04. The minimum absolute atomic E-state index is 0.114. The van der Waals surface area contributed by atoms with Crippen molar-refractivity contribution in [2.45, 2.75) is 32.4 Å². The molecule has 0 saturated carbocycles. The van der Waals surface area contributed by atoms with Crippen LogP contribution in [-0.2, 0) is 28.8 Å². The fourth-order valence-electron chi connectivity index (χ4n) is 4.40. The van der Waals surface area contributed by atoms with Gasteiger partial charge in [-0.05, 0) is 42.8 Å². The van der Waals surface area contributed by atoms with Crippen LogP contribution in [0.5, 0.6) is 11.5 Å². The van der Waals surface area contributed by atoms with Gasteiger partial charge in [-0.1, -0.05) is 18.2 Å². The van der Waals surface area contributed by atoms with Crippen molar-refractivity contribution in [3.8, 4) is 11.5 Å². The van der Waals surface area contributed by atoms with Gasteiger partial charge in [-0.15, -0.1) is 0 Å². The van der Waals surface area contributed by atoms with E-state index in [4.69, 9.17) is 9.47 Å². The molecule has 0 aliphatic carbocycles. The van der Waals surface area contributed by atoms with Crippen LogP contribution in [-0.4, -0.2) is 67.7 Å². The number of fused-ring (bicyclic) bond motifs is 2. The first-order valence-corrected chi connectivity index (χ1v) is 12.5. The Morgan fingerprint density at radius 3 is 2.48 bits per heavy atom. The van der Waals surface area contributed by atoms with E-state index in [1.54, 1.807) is 42.5 Å². The number of hydrogen-bond donors (Lipinski definition) is 2. The van der Waals surface area contributed by atoms with Crippen LogP contribution < -0.4 is 29.9 Å². The lowest BCUT2D eigenvalue weighted by Gasteiger charge is -2.25. The lowest BCUT2D eigenvalue weighted by atomic mass is 10.1. The van der Waals surface area contributed by atoms with Crippen molar-refractivity contribution in [2.24, 2.45) is 0 Å². The van der Waals surface area contributed by atoms with Crippen molar-refractivity contribution < 1.29 is 38.2 Å². The highest BCUT2D eigenvalue weighted by Crippen LogP contribution is 2.34. The summed E-state index contributed by atoms with van der Waals surface area (Å²) in [5.41, 5.74) is 1.32. The Balaban J connectivity index is 1.56. The van der Waals surface area contributed by atoms with Crippen molar-refractivity contribution in [2.75, 3.05) is 29.7 Å². The summed E-state index contributed by atoms with van der Waals surface area (Å²) in [4.78, 5) is 77.2. The molecular weight excluding hydrogens is 520 g/mol. The van der Waals surface area contributed by atoms with Crippen LogP contribution in [0.1, 0.15) is 25.8 Å². The largest absolute Gasteiger partial charge is 0.454 e. The summed E-state index contributed by atoms with van der Waals surface area (Å²) < 4.78 is 10.6. The summed E-state index contributed by atoms with van der Waals surface area (Å²) in [7, 11) is 0. The van der Waals surface area contributed by atoms with Crippen LogP contribution in [0.4, 0.5) is 11.4 Å². The zero-order valence-corrected chi connectivity index (χ0v) is 21.9. The van der Waals surface area contributed by atoms with Crippen molar-refractivity contribution in [1.82, 2.24) is 10.6 Å². The van der Waals surface area contributed by atoms with E-state index in [1.807, 2.05) is 0 Å². The zero-order chi connectivity index (χ0) is 28.8. The first kappa shape index (κ1) is 28.0. The van der Waals surface area contributed by atoms with Gasteiger partial charge in [0.1, 0.15) is 24.7 Å². The molecule has 40 heavy (non-hydrogen) atoms. The molecule has 2 aliphatic rings. The standard InChI is InChI=1S/C28H28N4O8/c1-17(34)11-20(15-33)29-27(37)14-32-23-6-4-3-5-22(23)31(18(2)35)13-21(28(32)38)30-26(36)10-8-19-7-9-24-25(12-19)40-16-39-24/h3-10,12,15,20-21H,11,13-14,16H2,1-2H3,(H,29,37)(H,30,36)/b10-8+/t20-,21-/m0/s1. The predicted octanol–water partition coefficient (Wildman–Crippen LogP) is 0.976. The summed E-state index contributed by atoms with van der Waals surface area (Å²) in [5.74, 6) is -1.44. The van der Waals surface area contributed by atoms with Crippen LogP contribution in [0.2, 0.25) is 0 Å². The Hall–Kier alpha value is -5.00. The van der Waals surface area contributed by atoms with Gasteiger partial charge < -0.3 is 29.8 Å². The molecule has 0 aromatic heterocycles. The fraction of sp³-hybridized carbons (Fsp3) is 0.286. The molecule has 2 atom stereocenters. The second kappa shape index (κ2) is 12.2. The maximum atomic E-state index is 13.7. The van der Waals surface area contributed by atoms with E-state index in [-0.39, 0.29) is 37.1 Å². The molecule has 4 rings (SSSR count). The topological polar surface area (TPSA) is 151 Å². The van der Waals surface area contributed by atoms with Gasteiger partial charge in [-0.25, -0.2) is 0 Å². The third-order valence-electron chi connectivity index (χ3n) is 6.23. The van der Waals surface area contributed by atoms with E-state index >= 15 is 0 Å². The number of nitrogens with zero attached hydrogens (tertiary/aromatic N) is 2. The first-order chi connectivity index (χ1) is 19.2. The molecule has 2 aromatic carbocycles. The number of amides is 4. The van der Waals surface area contributed by atoms with Crippen molar-refractivity contribution in [1.29, 1.82) is 0 Å². The summed E-state index contributed by atoms with van der Waals surface area (Å²) >= 11 is 0. The maximum absolute atomic E-state index is 13.7.